The molecule has 6 rings (SSSR count). The molecule has 0 radical (unpaired) electrons. The van der Waals surface area contributed by atoms with Gasteiger partial charge in [-0.15, -0.1) is 0 Å². The molecule has 1 aromatic carbocycles. The molecule has 0 aliphatic carbocycles. The van der Waals surface area contributed by atoms with Crippen molar-refractivity contribution in [2.45, 2.75) is 19.1 Å². The normalized spacial score (nSPS) is 17.9. The standard InChI is InChI=1S/C30H30FN9O3/c31-22-6-4-20(5-7-22)27-28(24-8-11-35-30(37-24)34-10-2-13-40-14-12-33-19-40)39-25(38-27)15-26-42-17-21(18-43-26)29(41)36-23-3-1-9-32-16-23/h1,3-9,11-12,16,19,21,26H,2,10,13-15,17-18H2,(H2-,34,35,36,37,38,39,41)/p+1. The summed E-state index contributed by atoms with van der Waals surface area (Å²) >= 11 is 0. The Morgan fingerprint density at radius 2 is 1.95 bits per heavy atom. The minimum atomic E-state index is -0.594. The Hall–Kier alpha value is -4.88. The highest BCUT2D eigenvalue weighted by atomic mass is 19.1. The highest BCUT2D eigenvalue weighted by Gasteiger charge is 2.29. The van der Waals surface area contributed by atoms with Gasteiger partial charge in [0.2, 0.25) is 11.9 Å². The first-order valence-electron chi connectivity index (χ1n) is 14.1. The van der Waals surface area contributed by atoms with Crippen molar-refractivity contribution in [1.82, 2.24) is 24.9 Å². The summed E-state index contributed by atoms with van der Waals surface area (Å²) in [6, 6.07) is 11.5. The predicted octanol–water partition coefficient (Wildman–Crippen LogP) is 3.17. The van der Waals surface area contributed by atoms with Gasteiger partial charge in [-0.05, 0) is 42.5 Å². The first kappa shape index (κ1) is 28.2. The second-order valence-electron chi connectivity index (χ2n) is 10.1. The van der Waals surface area contributed by atoms with Crippen molar-refractivity contribution >= 4 is 30.1 Å². The average Bonchev–Trinajstić information content (AvgIpc) is 3.71. The molecule has 43 heavy (non-hydrogen) atoms. The van der Waals surface area contributed by atoms with Crippen LogP contribution in [-0.2, 0) is 20.7 Å². The molecule has 4 aromatic rings. The zero-order chi connectivity index (χ0) is 29.4. The van der Waals surface area contributed by atoms with Gasteiger partial charge in [0.25, 0.3) is 6.34 Å². The molecule has 1 fully saturated rings. The van der Waals surface area contributed by atoms with Crippen LogP contribution in [0.5, 0.6) is 0 Å². The van der Waals surface area contributed by atoms with Crippen molar-refractivity contribution in [2.75, 3.05) is 43.5 Å². The third-order valence-electron chi connectivity index (χ3n) is 6.97. The molecule has 12 nitrogen and oxygen atoms in total. The number of carbonyl (C=O) groups excluding carboxylic acids is 1. The van der Waals surface area contributed by atoms with E-state index >= 15 is 0 Å². The number of amides is 1. The van der Waals surface area contributed by atoms with Crippen LogP contribution < -0.4 is 10.6 Å². The lowest BCUT2D eigenvalue weighted by Gasteiger charge is -2.28. The van der Waals surface area contributed by atoms with E-state index in [0.29, 0.717) is 47.5 Å². The number of carbonyl (C=O) groups is 1. The Morgan fingerprint density at radius 1 is 1.09 bits per heavy atom. The van der Waals surface area contributed by atoms with Crippen molar-refractivity contribution in [2.24, 2.45) is 10.9 Å². The molecular weight excluding hydrogens is 553 g/mol. The van der Waals surface area contributed by atoms with Gasteiger partial charge in [0.15, 0.2) is 12.5 Å². The smallest absolute Gasteiger partial charge is 0.281 e. The van der Waals surface area contributed by atoms with Gasteiger partial charge < -0.3 is 25.1 Å². The number of nitrogens with zero attached hydrogens (tertiary/aromatic N) is 6. The summed E-state index contributed by atoms with van der Waals surface area (Å²) in [5.41, 5.74) is 3.27. The highest BCUT2D eigenvalue weighted by Crippen LogP contribution is 2.30. The van der Waals surface area contributed by atoms with Gasteiger partial charge in [0, 0.05) is 30.9 Å². The Kier molecular flexibility index (Phi) is 8.80. The number of pyridine rings is 1. The zero-order valence-corrected chi connectivity index (χ0v) is 23.3. The lowest BCUT2D eigenvalue weighted by molar-refractivity contribution is -0.504. The first-order valence-corrected chi connectivity index (χ1v) is 14.1. The van der Waals surface area contributed by atoms with Gasteiger partial charge in [-0.25, -0.2) is 19.3 Å². The number of halogens is 1. The molecular formula is C30H31FN9O3+. The number of aliphatic imine (C=N–C) groups is 1. The second kappa shape index (κ2) is 13.4. The van der Waals surface area contributed by atoms with Crippen LogP contribution in [0.25, 0.3) is 22.6 Å². The van der Waals surface area contributed by atoms with E-state index in [9.17, 15) is 9.18 Å². The second-order valence-corrected chi connectivity index (χ2v) is 10.1. The maximum atomic E-state index is 13.7. The summed E-state index contributed by atoms with van der Waals surface area (Å²) in [4.78, 5) is 38.0. The number of benzene rings is 1. The summed E-state index contributed by atoms with van der Waals surface area (Å²) in [6.45, 7) is 2.83. The Balaban J connectivity index is 1.13. The number of ether oxygens (including phenoxy) is 2. The van der Waals surface area contributed by atoms with Gasteiger partial charge in [0.1, 0.15) is 18.2 Å². The molecule has 0 atom stereocenters. The largest absolute Gasteiger partial charge is 0.354 e. The van der Waals surface area contributed by atoms with E-state index in [-0.39, 0.29) is 24.9 Å². The number of imidazole rings is 1. The lowest BCUT2D eigenvalue weighted by Crippen LogP contribution is -2.39. The van der Waals surface area contributed by atoms with Crippen molar-refractivity contribution in [3.8, 4) is 22.6 Å². The topological polar surface area (TPSA) is 142 Å². The molecule has 3 N–H and O–H groups in total. The molecule has 1 amide bonds. The van der Waals surface area contributed by atoms with Gasteiger partial charge in [0.05, 0.1) is 61.1 Å². The van der Waals surface area contributed by atoms with Crippen LogP contribution in [0.2, 0.25) is 0 Å². The van der Waals surface area contributed by atoms with E-state index in [4.69, 9.17) is 19.4 Å². The van der Waals surface area contributed by atoms with Gasteiger partial charge >= 0.3 is 0 Å². The molecule has 0 saturated carbocycles. The maximum absolute atomic E-state index is 13.7. The van der Waals surface area contributed by atoms with Crippen LogP contribution in [0.4, 0.5) is 16.0 Å². The van der Waals surface area contributed by atoms with Gasteiger partial charge in [-0.1, -0.05) is 4.99 Å². The van der Waals surface area contributed by atoms with Crippen molar-refractivity contribution in [3.63, 3.8) is 0 Å². The van der Waals surface area contributed by atoms with Gasteiger partial charge in [-0.2, -0.15) is 0 Å². The molecule has 0 spiro atoms. The van der Waals surface area contributed by atoms with Gasteiger partial charge in [-0.3, -0.25) is 14.4 Å². The van der Waals surface area contributed by atoms with E-state index in [2.05, 4.69) is 35.2 Å². The molecule has 0 unspecified atom stereocenters. The number of rotatable bonds is 11. The summed E-state index contributed by atoms with van der Waals surface area (Å²) in [6.07, 6.45) is 9.25. The fraction of sp³-hybridized carbons (Fsp3) is 0.300. The number of aromatic amines is 1. The minimum absolute atomic E-state index is 0.193. The van der Waals surface area contributed by atoms with E-state index in [1.165, 1.54) is 12.1 Å². The van der Waals surface area contributed by atoms with Crippen LogP contribution in [-0.4, -0.2) is 87.1 Å². The minimum Gasteiger partial charge on any atom is -0.354 e. The molecule has 3 aromatic heterocycles. The molecule has 220 valence electrons. The Morgan fingerprint density at radius 3 is 2.72 bits per heavy atom. The van der Waals surface area contributed by atoms with E-state index in [0.717, 1.165) is 25.1 Å². The monoisotopic (exact) mass is 584 g/mol. The molecule has 5 heterocycles. The summed E-state index contributed by atoms with van der Waals surface area (Å²) in [5, 5.41) is 6.11. The zero-order valence-electron chi connectivity index (χ0n) is 23.3. The van der Waals surface area contributed by atoms with E-state index in [1.807, 2.05) is 12.6 Å². The highest BCUT2D eigenvalue weighted by molar-refractivity contribution is 5.92. The fourth-order valence-corrected chi connectivity index (χ4v) is 4.73. The lowest BCUT2D eigenvalue weighted by atomic mass is 10.1. The number of anilines is 2. The summed E-state index contributed by atoms with van der Waals surface area (Å²) in [7, 11) is 0. The van der Waals surface area contributed by atoms with E-state index in [1.54, 1.807) is 48.9 Å². The molecule has 1 saturated heterocycles. The number of hydrogen-bond acceptors (Lipinski definition) is 9. The number of aromatic nitrogens is 5. The van der Waals surface area contributed by atoms with Crippen molar-refractivity contribution < 1.29 is 23.2 Å². The Bertz CT molecular complexity index is 1600. The predicted molar refractivity (Wildman–Crippen MR) is 158 cm³/mol. The first-order chi connectivity index (χ1) is 21.1. The quantitative estimate of drug-likeness (QED) is 0.180. The molecule has 2 aliphatic rings. The SMILES string of the molecule is O=C(Nc1cccnc1)C1COC(Cc2nc(-c3ccc(F)cc3)c(-c3ccnc(NCCC[N+]4=CN=CC4)n3)[nH]2)OC1. The van der Waals surface area contributed by atoms with Crippen LogP contribution >= 0.6 is 0 Å². The Labute approximate surface area is 247 Å². The van der Waals surface area contributed by atoms with Crippen LogP contribution in [0.3, 0.4) is 0 Å². The summed E-state index contributed by atoms with van der Waals surface area (Å²) < 4.78 is 27.6. The number of hydrogen-bond donors (Lipinski definition) is 3. The summed E-state index contributed by atoms with van der Waals surface area (Å²) in [5.74, 6) is 0.123. The van der Waals surface area contributed by atoms with E-state index < -0.39 is 12.2 Å². The van der Waals surface area contributed by atoms with Crippen molar-refractivity contribution in [3.05, 3.63) is 72.7 Å². The third-order valence-corrected chi connectivity index (χ3v) is 6.97. The van der Waals surface area contributed by atoms with Crippen LogP contribution in [0, 0.1) is 11.7 Å². The average molecular weight is 585 g/mol. The molecule has 0 bridgehead atoms. The molecule has 2 aliphatic heterocycles. The van der Waals surface area contributed by atoms with Crippen LogP contribution in [0.15, 0.2) is 66.0 Å². The van der Waals surface area contributed by atoms with Crippen molar-refractivity contribution in [1.29, 1.82) is 0 Å². The molecule has 13 heteroatoms. The number of H-pyrrole nitrogens is 1. The fourth-order valence-electron chi connectivity index (χ4n) is 4.73. The number of nitrogens with one attached hydrogen (secondary N) is 3. The third kappa shape index (κ3) is 7.31. The maximum Gasteiger partial charge on any atom is 0.281 e. The van der Waals surface area contributed by atoms with Crippen LogP contribution in [0.1, 0.15) is 12.2 Å².